The molecule has 1 amide bonds. The lowest BCUT2D eigenvalue weighted by Crippen LogP contribution is -2.46. The Balaban J connectivity index is 2.02. The Kier molecular flexibility index (Phi) is 4.33. The number of amides is 1. The maximum Gasteiger partial charge on any atom is 0.242 e. The van der Waals surface area contributed by atoms with Crippen molar-refractivity contribution in [2.24, 2.45) is 0 Å². The van der Waals surface area contributed by atoms with Crippen LogP contribution < -0.4 is 15.4 Å². The molecule has 0 bridgehead atoms. The molecule has 1 saturated heterocycles. The molecule has 98 valence electrons. The number of phenolic OH excluding ortho intramolecular Hbond substituents is 1. The van der Waals surface area contributed by atoms with Crippen LogP contribution in [-0.2, 0) is 4.79 Å². The highest BCUT2D eigenvalue weighted by Crippen LogP contribution is 2.28. The van der Waals surface area contributed by atoms with Crippen LogP contribution in [-0.4, -0.2) is 42.2 Å². The molecular weight excluding hydrogens is 252 g/mol. The van der Waals surface area contributed by atoms with Gasteiger partial charge in [0.05, 0.1) is 18.8 Å². The average molecular weight is 268 g/mol. The van der Waals surface area contributed by atoms with Crippen molar-refractivity contribution in [3.63, 3.8) is 0 Å². The molecule has 1 aliphatic rings. The number of rotatable bonds is 3. The number of ether oxygens (including phenoxy) is 1. The summed E-state index contributed by atoms with van der Waals surface area (Å²) in [7, 11) is 1.52. The lowest BCUT2D eigenvalue weighted by molar-refractivity contribution is -0.117. The molecule has 0 spiro atoms. The highest BCUT2D eigenvalue weighted by atomic mass is 32.2. The van der Waals surface area contributed by atoms with Crippen molar-refractivity contribution in [1.82, 2.24) is 5.32 Å². The predicted octanol–water partition coefficient (Wildman–Crippen LogP) is 1.04. The van der Waals surface area contributed by atoms with Gasteiger partial charge < -0.3 is 20.5 Å². The molecule has 0 radical (unpaired) electrons. The second kappa shape index (κ2) is 5.97. The van der Waals surface area contributed by atoms with Gasteiger partial charge in [-0.3, -0.25) is 4.79 Å². The van der Waals surface area contributed by atoms with Gasteiger partial charge in [0.2, 0.25) is 5.91 Å². The number of thioether (sulfide) groups is 1. The maximum absolute atomic E-state index is 11.9. The molecule has 1 unspecified atom stereocenters. The molecule has 2 rings (SSSR count). The Labute approximate surface area is 110 Å². The highest BCUT2D eigenvalue weighted by molar-refractivity contribution is 7.99. The molecule has 1 fully saturated rings. The molecule has 6 heteroatoms. The first-order valence-corrected chi connectivity index (χ1v) is 6.85. The minimum Gasteiger partial charge on any atom is -0.506 e. The van der Waals surface area contributed by atoms with E-state index in [0.29, 0.717) is 11.4 Å². The van der Waals surface area contributed by atoms with Crippen molar-refractivity contribution >= 4 is 23.4 Å². The lowest BCUT2D eigenvalue weighted by atomic mass is 10.2. The average Bonchev–Trinajstić information content (AvgIpc) is 2.42. The fourth-order valence-electron chi connectivity index (χ4n) is 1.70. The first-order valence-electron chi connectivity index (χ1n) is 5.69. The van der Waals surface area contributed by atoms with E-state index in [1.807, 2.05) is 0 Å². The molecule has 1 aromatic carbocycles. The van der Waals surface area contributed by atoms with Crippen LogP contribution in [0.2, 0.25) is 0 Å². The smallest absolute Gasteiger partial charge is 0.242 e. The predicted molar refractivity (Wildman–Crippen MR) is 72.4 cm³/mol. The lowest BCUT2D eigenvalue weighted by Gasteiger charge is -2.22. The zero-order valence-corrected chi connectivity index (χ0v) is 10.9. The summed E-state index contributed by atoms with van der Waals surface area (Å²) in [6.07, 6.45) is 0. The first kappa shape index (κ1) is 13.0. The number of hydrogen-bond donors (Lipinski definition) is 3. The minimum atomic E-state index is -0.203. The van der Waals surface area contributed by atoms with E-state index in [1.54, 1.807) is 23.9 Å². The fourth-order valence-corrected chi connectivity index (χ4v) is 2.63. The van der Waals surface area contributed by atoms with Crippen molar-refractivity contribution in [1.29, 1.82) is 0 Å². The van der Waals surface area contributed by atoms with Gasteiger partial charge in [-0.1, -0.05) is 0 Å². The number of carbonyl (C=O) groups is 1. The first-order chi connectivity index (χ1) is 8.70. The number of benzene rings is 1. The standard InChI is InChI=1S/C12H16N2O3S/c1-17-8-2-3-9(11(15)6-8)14-12(16)10-7-18-5-4-13-10/h2-3,6,10,13,15H,4-5,7H2,1H3,(H,14,16). The van der Waals surface area contributed by atoms with Crippen LogP contribution in [0.1, 0.15) is 0 Å². The van der Waals surface area contributed by atoms with E-state index in [9.17, 15) is 9.90 Å². The van der Waals surface area contributed by atoms with Crippen molar-refractivity contribution in [3.05, 3.63) is 18.2 Å². The maximum atomic E-state index is 11.9. The number of anilines is 1. The van der Waals surface area contributed by atoms with Gasteiger partial charge in [0, 0.05) is 24.1 Å². The number of nitrogens with one attached hydrogen (secondary N) is 2. The molecule has 1 heterocycles. The van der Waals surface area contributed by atoms with Crippen LogP contribution in [0.3, 0.4) is 0 Å². The van der Waals surface area contributed by atoms with Crippen LogP contribution in [0.15, 0.2) is 18.2 Å². The SMILES string of the molecule is COc1ccc(NC(=O)C2CSCCN2)c(O)c1. The molecule has 18 heavy (non-hydrogen) atoms. The Morgan fingerprint density at radius 2 is 2.44 bits per heavy atom. The zero-order valence-electron chi connectivity index (χ0n) is 10.1. The Hall–Kier alpha value is -1.40. The second-order valence-electron chi connectivity index (χ2n) is 3.95. The minimum absolute atomic E-state index is 0.00571. The quantitative estimate of drug-likeness (QED) is 0.715. The van der Waals surface area contributed by atoms with Crippen LogP contribution >= 0.6 is 11.8 Å². The topological polar surface area (TPSA) is 70.6 Å². The molecule has 5 nitrogen and oxygen atoms in total. The Morgan fingerprint density at radius 3 is 3.06 bits per heavy atom. The monoisotopic (exact) mass is 268 g/mol. The third-order valence-electron chi connectivity index (χ3n) is 2.70. The molecule has 3 N–H and O–H groups in total. The number of aromatic hydroxyl groups is 1. The van der Waals surface area contributed by atoms with Crippen molar-refractivity contribution in [2.75, 3.05) is 30.5 Å². The molecule has 0 aromatic heterocycles. The van der Waals surface area contributed by atoms with Crippen LogP contribution in [0.4, 0.5) is 5.69 Å². The van der Waals surface area contributed by atoms with Crippen molar-refractivity contribution in [2.45, 2.75) is 6.04 Å². The second-order valence-corrected chi connectivity index (χ2v) is 5.10. The Morgan fingerprint density at radius 1 is 1.61 bits per heavy atom. The van der Waals surface area contributed by atoms with Gasteiger partial charge in [0.1, 0.15) is 11.5 Å². The molecular formula is C12H16N2O3S. The molecule has 1 aliphatic heterocycles. The summed E-state index contributed by atoms with van der Waals surface area (Å²) in [5.41, 5.74) is 0.401. The van der Waals surface area contributed by atoms with Crippen molar-refractivity contribution in [3.8, 4) is 11.5 Å². The Bertz CT molecular complexity index is 433. The van der Waals surface area contributed by atoms with E-state index in [-0.39, 0.29) is 17.7 Å². The number of carbonyl (C=O) groups excluding carboxylic acids is 1. The van der Waals surface area contributed by atoms with Crippen LogP contribution in [0, 0.1) is 0 Å². The summed E-state index contributed by atoms with van der Waals surface area (Å²) in [6.45, 7) is 0.831. The summed E-state index contributed by atoms with van der Waals surface area (Å²) < 4.78 is 4.98. The van der Waals surface area contributed by atoms with E-state index in [1.165, 1.54) is 13.2 Å². The van der Waals surface area contributed by atoms with Gasteiger partial charge in [0.15, 0.2) is 0 Å². The van der Waals surface area contributed by atoms with E-state index in [4.69, 9.17) is 4.74 Å². The highest BCUT2D eigenvalue weighted by Gasteiger charge is 2.21. The summed E-state index contributed by atoms with van der Waals surface area (Å²) in [5, 5.41) is 15.6. The number of methoxy groups -OCH3 is 1. The summed E-state index contributed by atoms with van der Waals surface area (Å²) in [5.74, 6) is 2.21. The van der Waals surface area contributed by atoms with Gasteiger partial charge in [-0.2, -0.15) is 11.8 Å². The van der Waals surface area contributed by atoms with Gasteiger partial charge in [-0.05, 0) is 12.1 Å². The van der Waals surface area contributed by atoms with Gasteiger partial charge in [-0.25, -0.2) is 0 Å². The van der Waals surface area contributed by atoms with E-state index in [0.717, 1.165) is 18.1 Å². The largest absolute Gasteiger partial charge is 0.506 e. The molecule has 0 aliphatic carbocycles. The van der Waals surface area contributed by atoms with Crippen LogP contribution in [0.5, 0.6) is 11.5 Å². The normalized spacial score (nSPS) is 19.3. The molecule has 0 saturated carbocycles. The van der Waals surface area contributed by atoms with Gasteiger partial charge in [0.25, 0.3) is 0 Å². The fraction of sp³-hybridized carbons (Fsp3) is 0.417. The number of hydrogen-bond acceptors (Lipinski definition) is 5. The van der Waals surface area contributed by atoms with Crippen molar-refractivity contribution < 1.29 is 14.6 Å². The van der Waals surface area contributed by atoms with Gasteiger partial charge >= 0.3 is 0 Å². The van der Waals surface area contributed by atoms with Gasteiger partial charge in [-0.15, -0.1) is 0 Å². The van der Waals surface area contributed by atoms with E-state index >= 15 is 0 Å². The van der Waals surface area contributed by atoms with E-state index < -0.39 is 0 Å². The van der Waals surface area contributed by atoms with E-state index in [2.05, 4.69) is 10.6 Å². The third-order valence-corrected chi connectivity index (χ3v) is 3.76. The third kappa shape index (κ3) is 3.08. The summed E-state index contributed by atoms with van der Waals surface area (Å²) in [4.78, 5) is 11.9. The summed E-state index contributed by atoms with van der Waals surface area (Å²) in [6, 6.07) is 4.59. The van der Waals surface area contributed by atoms with Crippen LogP contribution in [0.25, 0.3) is 0 Å². The zero-order chi connectivity index (χ0) is 13.0. The molecule has 1 atom stereocenters. The summed E-state index contributed by atoms with van der Waals surface area (Å²) >= 11 is 1.75. The molecule has 1 aromatic rings. The number of phenols is 1.